The van der Waals surface area contributed by atoms with Crippen molar-refractivity contribution in [1.82, 2.24) is 9.13 Å². The van der Waals surface area contributed by atoms with E-state index in [2.05, 4.69) is 0 Å². The van der Waals surface area contributed by atoms with Gasteiger partial charge in [-0.3, -0.25) is 27.5 Å². The number of rotatable bonds is 22. The van der Waals surface area contributed by atoms with Crippen molar-refractivity contribution in [3.8, 4) is 0 Å². The minimum absolute atomic E-state index is 0.207. The summed E-state index contributed by atoms with van der Waals surface area (Å²) >= 11 is 0. The van der Waals surface area contributed by atoms with Gasteiger partial charge in [-0.15, -0.1) is 0 Å². The van der Waals surface area contributed by atoms with Gasteiger partial charge >= 0.3 is 33.6 Å². The Morgan fingerprint density at radius 2 is 1.28 bits per heavy atom. The fraction of sp³-hybridized carbons (Fsp3) is 0.561. The zero-order chi connectivity index (χ0) is 46.9. The van der Waals surface area contributed by atoms with Crippen LogP contribution in [-0.2, 0) is 89.4 Å². The molecule has 3 aromatic rings. The van der Waals surface area contributed by atoms with Gasteiger partial charge in [-0.1, -0.05) is 60.7 Å². The number of fused-ring (bicyclic) bond motifs is 1. The van der Waals surface area contributed by atoms with Gasteiger partial charge in [0.15, 0.2) is 17.6 Å². The molecule has 4 atom stereocenters. The summed E-state index contributed by atoms with van der Waals surface area (Å²) in [5.41, 5.74) is -4.64. The maximum absolute atomic E-state index is 15.8. The summed E-state index contributed by atoms with van der Waals surface area (Å²) in [5.74, 6) is -1.26. The first kappa shape index (κ1) is 50.1. The molecular weight excluding hydrogens is 905 g/mol. The minimum Gasteiger partial charge on any atom is -0.432 e. The predicted molar refractivity (Wildman–Crippen MR) is 221 cm³/mol. The second kappa shape index (κ2) is 21.5. The van der Waals surface area contributed by atoms with Crippen LogP contribution in [-0.4, -0.2) is 83.6 Å². The van der Waals surface area contributed by atoms with Gasteiger partial charge in [-0.05, 0) is 58.6 Å². The van der Waals surface area contributed by atoms with E-state index in [4.69, 9.17) is 60.3 Å². The van der Waals surface area contributed by atoms with E-state index >= 15 is 4.39 Å². The molecule has 1 aromatic heterocycles. The van der Waals surface area contributed by atoms with Crippen molar-refractivity contribution < 1.29 is 83.4 Å². The van der Waals surface area contributed by atoms with E-state index in [1.165, 1.54) is 6.92 Å². The lowest BCUT2D eigenvalue weighted by molar-refractivity contribution is -0.253. The quantitative estimate of drug-likeness (QED) is 0.0542. The first-order valence-electron chi connectivity index (χ1n) is 20.7. The zero-order valence-corrected chi connectivity index (χ0v) is 38.2. The molecular formula is C41H53FN2O19P2. The number of carbonyl (C=O) groups excluding carboxylic acids is 2. The number of alkyl halides is 1. The van der Waals surface area contributed by atoms with Crippen molar-refractivity contribution in [3.63, 3.8) is 0 Å². The van der Waals surface area contributed by atoms with E-state index < -0.39 is 114 Å². The summed E-state index contributed by atoms with van der Waals surface area (Å²) in [4.78, 5) is 51.8. The number of ether oxygens (including phenoxy) is 7. The first-order valence-corrected chi connectivity index (χ1v) is 23.6. The van der Waals surface area contributed by atoms with Crippen LogP contribution < -0.4 is 11.2 Å². The van der Waals surface area contributed by atoms with Crippen molar-refractivity contribution in [2.75, 3.05) is 26.9 Å². The van der Waals surface area contributed by atoms with Crippen LogP contribution in [0.1, 0.15) is 77.7 Å². The van der Waals surface area contributed by atoms with Gasteiger partial charge in [0, 0.05) is 25.1 Å². The number of halogens is 1. The molecule has 0 radical (unpaired) electrons. The molecule has 1 spiro atoms. The third-order valence-electron chi connectivity index (χ3n) is 10.2. The van der Waals surface area contributed by atoms with Crippen molar-refractivity contribution in [2.24, 2.45) is 0 Å². The largest absolute Gasteiger partial charge is 0.510 e. The molecule has 2 saturated heterocycles. The molecule has 1 aliphatic carbocycles. The Morgan fingerprint density at radius 3 is 1.78 bits per heavy atom. The Kier molecular flexibility index (Phi) is 16.6. The Hall–Kier alpha value is -4.31. The standard InChI is InChI=1S/C41H53FN2O19P2/c1-29(2)59-37(47)51-27-57-65(50,58-28-52-38(48)60-30(3)4)55-25-40(24-42)34-39(5,63-41(61-34)19-12-13-20-41)35(62-40)43-21-18-33(45)44(36(43)46)26-56-64(49,53-22-31-14-8-6-9-15-31)54-23-32-16-10-7-11-17-32/h6-11,14-18,21,29-30,34-35H,12-13,19-20,22-28H2,1-5H3/t34-,35+,39+,40+/m0/s1. The monoisotopic (exact) mass is 958 g/mol. The molecule has 1 saturated carbocycles. The fourth-order valence-corrected chi connectivity index (χ4v) is 9.35. The molecule has 0 amide bonds. The van der Waals surface area contributed by atoms with Crippen LogP contribution in [0.5, 0.6) is 0 Å². The molecule has 3 aliphatic rings. The number of hydrogen-bond donors (Lipinski definition) is 0. The highest BCUT2D eigenvalue weighted by atomic mass is 31.2. The number of phosphoric acid groups is 2. The lowest BCUT2D eigenvalue weighted by atomic mass is 9.88. The van der Waals surface area contributed by atoms with E-state index in [9.17, 15) is 28.3 Å². The highest BCUT2D eigenvalue weighted by Crippen LogP contribution is 2.60. The highest BCUT2D eigenvalue weighted by molar-refractivity contribution is 7.48. The van der Waals surface area contributed by atoms with Crippen LogP contribution in [0.3, 0.4) is 0 Å². The molecule has 0 N–H and O–H groups in total. The summed E-state index contributed by atoms with van der Waals surface area (Å²) < 4.78 is 117. The van der Waals surface area contributed by atoms with E-state index in [1.807, 2.05) is 0 Å². The summed E-state index contributed by atoms with van der Waals surface area (Å²) in [6.45, 7) is 1.88. The van der Waals surface area contributed by atoms with Crippen molar-refractivity contribution in [2.45, 2.75) is 122 Å². The third kappa shape index (κ3) is 12.6. The molecule has 0 unspecified atom stereocenters. The number of carbonyl (C=O) groups is 2. The summed E-state index contributed by atoms with van der Waals surface area (Å²) in [6, 6.07) is 18.5. The molecule has 21 nitrogen and oxygen atoms in total. The molecule has 6 rings (SSSR count). The maximum Gasteiger partial charge on any atom is 0.510 e. The second-order valence-electron chi connectivity index (χ2n) is 15.9. The zero-order valence-electron chi connectivity index (χ0n) is 36.4. The van der Waals surface area contributed by atoms with Crippen LogP contribution in [0, 0.1) is 0 Å². The second-order valence-corrected chi connectivity index (χ2v) is 19.2. The smallest absolute Gasteiger partial charge is 0.432 e. The van der Waals surface area contributed by atoms with E-state index in [0.29, 0.717) is 41.4 Å². The van der Waals surface area contributed by atoms with Gasteiger partial charge in [-0.2, -0.15) is 0 Å². The maximum atomic E-state index is 15.8. The molecule has 0 bridgehead atoms. The number of benzene rings is 2. The average molecular weight is 959 g/mol. The van der Waals surface area contributed by atoms with Gasteiger partial charge in [0.2, 0.25) is 13.6 Å². The normalized spacial score (nSPS) is 22.6. The topological polar surface area (TPSA) is 232 Å². The number of aromatic nitrogens is 2. The van der Waals surface area contributed by atoms with E-state index in [0.717, 1.165) is 16.8 Å². The number of hydrogen-bond acceptors (Lipinski definition) is 19. The van der Waals surface area contributed by atoms with Gasteiger partial charge in [0.25, 0.3) is 5.56 Å². The van der Waals surface area contributed by atoms with Crippen LogP contribution in [0.4, 0.5) is 14.0 Å². The molecule has 2 aromatic carbocycles. The van der Waals surface area contributed by atoms with Crippen LogP contribution in [0.15, 0.2) is 82.5 Å². The number of phosphoric ester groups is 2. The molecule has 2 aliphatic heterocycles. The van der Waals surface area contributed by atoms with Gasteiger partial charge in [0.05, 0.1) is 32.0 Å². The van der Waals surface area contributed by atoms with Crippen molar-refractivity contribution in [3.05, 3.63) is 105 Å². The average Bonchev–Trinajstić information content (AvgIpc) is 3.92. The Morgan fingerprint density at radius 1 is 0.754 bits per heavy atom. The Balaban J connectivity index is 1.27. The lowest BCUT2D eigenvalue weighted by Gasteiger charge is -2.34. The lowest BCUT2D eigenvalue weighted by Crippen LogP contribution is -2.52. The summed E-state index contributed by atoms with van der Waals surface area (Å²) in [7, 11) is -9.49. The summed E-state index contributed by atoms with van der Waals surface area (Å²) in [6.07, 6.45) is -3.28. The molecule has 3 heterocycles. The molecule has 3 fully saturated rings. The Labute approximate surface area is 373 Å². The third-order valence-corrected chi connectivity index (χ3v) is 12.8. The van der Waals surface area contributed by atoms with Crippen molar-refractivity contribution in [1.29, 1.82) is 0 Å². The molecule has 65 heavy (non-hydrogen) atoms. The molecule has 358 valence electrons. The Bertz CT molecular complexity index is 2210. The van der Waals surface area contributed by atoms with Gasteiger partial charge < -0.3 is 33.2 Å². The predicted octanol–water partition coefficient (Wildman–Crippen LogP) is 7.40. The summed E-state index contributed by atoms with van der Waals surface area (Å²) in [5, 5.41) is 0. The van der Waals surface area contributed by atoms with Crippen LogP contribution >= 0.6 is 15.6 Å². The van der Waals surface area contributed by atoms with Crippen LogP contribution in [0.2, 0.25) is 0 Å². The van der Waals surface area contributed by atoms with Crippen LogP contribution in [0.25, 0.3) is 0 Å². The molecule has 24 heteroatoms. The van der Waals surface area contributed by atoms with E-state index in [-0.39, 0.29) is 13.2 Å². The van der Waals surface area contributed by atoms with Crippen molar-refractivity contribution >= 4 is 28.0 Å². The number of nitrogens with zero attached hydrogens (tertiary/aromatic N) is 2. The van der Waals surface area contributed by atoms with Gasteiger partial charge in [0.1, 0.15) is 25.1 Å². The van der Waals surface area contributed by atoms with Gasteiger partial charge in [-0.25, -0.2) is 41.5 Å². The SMILES string of the molecule is CC(C)OC(=O)OCOP(=O)(OCOC(=O)OC(C)C)OC[C@@]1(CF)O[C@@H](n2ccc(=O)n(COP(=O)(OCc3ccccc3)OCc3ccccc3)c2=O)[C@]2(C)OC3(CCCC3)O[C@H]12. The van der Waals surface area contributed by atoms with E-state index in [1.54, 1.807) is 88.4 Å². The highest BCUT2D eigenvalue weighted by Gasteiger charge is 2.72. The first-order chi connectivity index (χ1) is 30.9. The fourth-order valence-electron chi connectivity index (χ4n) is 7.29. The minimum atomic E-state index is -4.98.